The number of hydrogen-bond acceptors (Lipinski definition) is 5. The molecule has 1 saturated carbocycles. The summed E-state index contributed by atoms with van der Waals surface area (Å²) in [6, 6.07) is 12.2. The van der Waals surface area contributed by atoms with E-state index >= 15 is 0 Å². The van der Waals surface area contributed by atoms with Gasteiger partial charge in [0.15, 0.2) is 5.78 Å². The molecule has 4 rings (SSSR count). The van der Waals surface area contributed by atoms with E-state index in [0.717, 1.165) is 27.1 Å². The molecule has 2 aliphatic rings. The van der Waals surface area contributed by atoms with Gasteiger partial charge in [-0.3, -0.25) is 19.3 Å². The first-order valence-electron chi connectivity index (χ1n) is 9.19. The van der Waals surface area contributed by atoms with Crippen LogP contribution in [0.15, 0.2) is 58.3 Å². The van der Waals surface area contributed by atoms with Gasteiger partial charge in [0, 0.05) is 16.4 Å². The molecule has 2 amide bonds. The van der Waals surface area contributed by atoms with E-state index in [4.69, 9.17) is 0 Å². The van der Waals surface area contributed by atoms with Crippen molar-refractivity contribution in [3.8, 4) is 0 Å². The molecule has 148 valence electrons. The minimum atomic E-state index is -1.22. The molecule has 1 saturated heterocycles. The quantitative estimate of drug-likeness (QED) is 0.462. The Morgan fingerprint density at radius 3 is 2.48 bits per heavy atom. The SMILES string of the molecule is CSc1ccc(/C=C2\SC(=O)N([C@@H](C(=O)C3CC3)c3ccccc3F)C2=O)cc1. The predicted molar refractivity (Wildman–Crippen MR) is 113 cm³/mol. The lowest BCUT2D eigenvalue weighted by Gasteiger charge is -2.25. The van der Waals surface area contributed by atoms with Crippen molar-refractivity contribution in [3.05, 3.63) is 70.4 Å². The highest BCUT2D eigenvalue weighted by Crippen LogP contribution is 2.43. The Balaban J connectivity index is 1.69. The van der Waals surface area contributed by atoms with Crippen LogP contribution in [0.1, 0.15) is 30.0 Å². The Kier molecular flexibility index (Phi) is 5.61. The van der Waals surface area contributed by atoms with E-state index in [-0.39, 0.29) is 22.2 Å². The van der Waals surface area contributed by atoms with Crippen molar-refractivity contribution in [3.63, 3.8) is 0 Å². The van der Waals surface area contributed by atoms with E-state index in [9.17, 15) is 18.8 Å². The van der Waals surface area contributed by atoms with Crippen LogP contribution < -0.4 is 0 Å². The first-order chi connectivity index (χ1) is 14.0. The number of halogens is 1. The Labute approximate surface area is 176 Å². The lowest BCUT2D eigenvalue weighted by Crippen LogP contribution is -2.38. The molecule has 2 aromatic rings. The van der Waals surface area contributed by atoms with Gasteiger partial charge in [-0.2, -0.15) is 0 Å². The second kappa shape index (κ2) is 8.16. The van der Waals surface area contributed by atoms with Crippen LogP contribution in [0.25, 0.3) is 6.08 Å². The number of hydrogen-bond donors (Lipinski definition) is 0. The van der Waals surface area contributed by atoms with Gasteiger partial charge in [0.1, 0.15) is 11.9 Å². The Morgan fingerprint density at radius 2 is 1.86 bits per heavy atom. The zero-order valence-corrected chi connectivity index (χ0v) is 17.3. The molecule has 0 bridgehead atoms. The topological polar surface area (TPSA) is 54.5 Å². The highest BCUT2D eigenvalue weighted by molar-refractivity contribution is 8.18. The molecule has 1 aliphatic heterocycles. The highest BCUT2D eigenvalue weighted by Gasteiger charge is 2.47. The van der Waals surface area contributed by atoms with Crippen LogP contribution in [-0.2, 0) is 9.59 Å². The zero-order valence-electron chi connectivity index (χ0n) is 15.6. The fourth-order valence-corrected chi connectivity index (χ4v) is 4.53. The summed E-state index contributed by atoms with van der Waals surface area (Å²) in [5, 5.41) is -0.552. The maximum absolute atomic E-state index is 14.5. The molecule has 1 heterocycles. The number of carbonyl (C=O) groups is 3. The largest absolute Gasteiger partial charge is 0.297 e. The molecular weight excluding hydrogens is 409 g/mol. The van der Waals surface area contributed by atoms with Crippen LogP contribution in [0.3, 0.4) is 0 Å². The van der Waals surface area contributed by atoms with Gasteiger partial charge in [0.2, 0.25) is 0 Å². The third-order valence-electron chi connectivity index (χ3n) is 4.94. The smallest absolute Gasteiger partial charge is 0.294 e. The number of rotatable bonds is 6. The molecule has 0 aromatic heterocycles. The number of imide groups is 1. The molecule has 0 radical (unpaired) electrons. The number of thioether (sulfide) groups is 2. The fourth-order valence-electron chi connectivity index (χ4n) is 3.26. The Morgan fingerprint density at radius 1 is 1.17 bits per heavy atom. The van der Waals surface area contributed by atoms with Crippen LogP contribution in [0.2, 0.25) is 0 Å². The molecule has 2 fully saturated rings. The summed E-state index contributed by atoms with van der Waals surface area (Å²) in [6.45, 7) is 0. The molecule has 0 unspecified atom stereocenters. The van der Waals surface area contributed by atoms with Crippen LogP contribution in [0.5, 0.6) is 0 Å². The predicted octanol–water partition coefficient (Wildman–Crippen LogP) is 5.30. The third kappa shape index (κ3) is 4.02. The number of amides is 2. The summed E-state index contributed by atoms with van der Waals surface area (Å²) < 4.78 is 14.5. The summed E-state index contributed by atoms with van der Waals surface area (Å²) in [6.07, 6.45) is 5.02. The zero-order chi connectivity index (χ0) is 20.5. The van der Waals surface area contributed by atoms with Crippen molar-refractivity contribution < 1.29 is 18.8 Å². The van der Waals surface area contributed by atoms with Gasteiger partial charge < -0.3 is 0 Å². The van der Waals surface area contributed by atoms with Crippen LogP contribution in [-0.4, -0.2) is 28.1 Å². The van der Waals surface area contributed by atoms with Gasteiger partial charge in [-0.25, -0.2) is 4.39 Å². The minimum Gasteiger partial charge on any atom is -0.297 e. The number of ketones is 1. The van der Waals surface area contributed by atoms with Crippen LogP contribution in [0, 0.1) is 11.7 Å². The van der Waals surface area contributed by atoms with Crippen molar-refractivity contribution in [1.82, 2.24) is 4.90 Å². The summed E-state index contributed by atoms with van der Waals surface area (Å²) in [4.78, 5) is 40.9. The molecule has 0 N–H and O–H groups in total. The summed E-state index contributed by atoms with van der Waals surface area (Å²) in [5.74, 6) is -1.65. The minimum absolute atomic E-state index is 0.0669. The van der Waals surface area contributed by atoms with Crippen LogP contribution >= 0.6 is 23.5 Å². The fraction of sp³-hybridized carbons (Fsp3) is 0.227. The lowest BCUT2D eigenvalue weighted by molar-refractivity contribution is -0.133. The second-order valence-corrected chi connectivity index (χ2v) is 8.80. The normalized spacial score (nSPS) is 19.1. The van der Waals surface area contributed by atoms with E-state index in [2.05, 4.69) is 0 Å². The second-order valence-electron chi connectivity index (χ2n) is 6.93. The lowest BCUT2D eigenvalue weighted by atomic mass is 9.97. The van der Waals surface area contributed by atoms with E-state index in [1.807, 2.05) is 30.5 Å². The average Bonchev–Trinajstić information content (AvgIpc) is 3.53. The summed E-state index contributed by atoms with van der Waals surface area (Å²) in [5.41, 5.74) is 0.849. The first kappa shape index (κ1) is 19.9. The van der Waals surface area contributed by atoms with E-state index in [1.165, 1.54) is 18.2 Å². The monoisotopic (exact) mass is 427 g/mol. The average molecular weight is 428 g/mol. The standard InChI is InChI=1S/C22H18FNO3S2/c1-28-15-10-6-13(7-11-15)12-18-21(26)24(22(27)29-18)19(20(25)14-8-9-14)16-4-2-3-5-17(16)23/h2-7,10-12,14,19H,8-9H2,1H3/b18-12-/t19-/m1/s1. The molecule has 0 spiro atoms. The van der Waals surface area contributed by atoms with Crippen molar-refractivity contribution in [2.45, 2.75) is 23.8 Å². The number of carbonyl (C=O) groups excluding carboxylic acids is 3. The van der Waals surface area contributed by atoms with Crippen molar-refractivity contribution in [2.24, 2.45) is 5.92 Å². The molecule has 4 nitrogen and oxygen atoms in total. The Hall–Kier alpha value is -2.38. The first-order valence-corrected chi connectivity index (χ1v) is 11.2. The number of nitrogens with zero attached hydrogens (tertiary/aromatic N) is 1. The maximum Gasteiger partial charge on any atom is 0.294 e. The van der Waals surface area contributed by atoms with Crippen molar-refractivity contribution in [1.29, 1.82) is 0 Å². The molecule has 2 aromatic carbocycles. The molecule has 1 atom stereocenters. The van der Waals surface area contributed by atoms with E-state index < -0.39 is 23.0 Å². The molecule has 29 heavy (non-hydrogen) atoms. The van der Waals surface area contributed by atoms with Gasteiger partial charge in [-0.1, -0.05) is 30.3 Å². The summed E-state index contributed by atoms with van der Waals surface area (Å²) >= 11 is 2.39. The summed E-state index contributed by atoms with van der Waals surface area (Å²) in [7, 11) is 0. The molecule has 7 heteroatoms. The van der Waals surface area contributed by atoms with Crippen LogP contribution in [0.4, 0.5) is 9.18 Å². The van der Waals surface area contributed by atoms with Gasteiger partial charge in [-0.05, 0) is 60.7 Å². The van der Waals surface area contributed by atoms with E-state index in [1.54, 1.807) is 23.9 Å². The maximum atomic E-state index is 14.5. The number of Topliss-reactive ketones (excluding diaryl/α,β-unsaturated/α-hetero) is 1. The third-order valence-corrected chi connectivity index (χ3v) is 6.57. The van der Waals surface area contributed by atoms with Crippen molar-refractivity contribution >= 4 is 46.5 Å². The molecule has 1 aliphatic carbocycles. The van der Waals surface area contributed by atoms with E-state index in [0.29, 0.717) is 12.8 Å². The van der Waals surface area contributed by atoms with Gasteiger partial charge in [0.25, 0.3) is 11.1 Å². The molecular formula is C22H18FNO3S2. The van der Waals surface area contributed by atoms with Gasteiger partial charge in [-0.15, -0.1) is 11.8 Å². The Bertz CT molecular complexity index is 1010. The van der Waals surface area contributed by atoms with Gasteiger partial charge in [0.05, 0.1) is 4.91 Å². The highest BCUT2D eigenvalue weighted by atomic mass is 32.2. The van der Waals surface area contributed by atoms with Crippen molar-refractivity contribution in [2.75, 3.05) is 6.26 Å². The van der Waals surface area contributed by atoms with Gasteiger partial charge >= 0.3 is 0 Å². The number of benzene rings is 2.